The van der Waals surface area contributed by atoms with Crippen molar-refractivity contribution < 1.29 is 23.3 Å². The summed E-state index contributed by atoms with van der Waals surface area (Å²) in [7, 11) is 3.75. The lowest BCUT2D eigenvalue weighted by molar-refractivity contribution is -0.885. The second kappa shape index (κ2) is 5.01. The molecule has 2 aliphatic heterocycles. The molecule has 2 saturated heterocycles. The molecule has 0 bridgehead atoms. The van der Waals surface area contributed by atoms with E-state index in [0.29, 0.717) is 5.46 Å². The van der Waals surface area contributed by atoms with E-state index in [1.807, 2.05) is 72.1 Å². The largest absolute Gasteiger partial charge is 0.615 e. The molecule has 27 heavy (non-hydrogen) atoms. The van der Waals surface area contributed by atoms with E-state index in [0.717, 1.165) is 11.3 Å². The highest BCUT2D eigenvalue weighted by Crippen LogP contribution is 2.51. The number of carbonyl (C=O) groups excluding carboxylic acids is 2. The van der Waals surface area contributed by atoms with Gasteiger partial charge in [0.1, 0.15) is 0 Å². The third kappa shape index (κ3) is 1.83. The second-order valence-electron chi connectivity index (χ2n) is 8.64. The average Bonchev–Trinajstić information content (AvgIpc) is 3.15. The monoisotopic (exact) mass is 369 g/mol. The highest BCUT2D eigenvalue weighted by molar-refractivity contribution is 6.79. The molecule has 0 aliphatic carbocycles. The Balaban J connectivity index is 1.97. The molecule has 1 aromatic carbocycles. The fraction of sp³-hybridized carbons (Fsp3) is 0.421. The minimum absolute atomic E-state index is 0.0481. The SMILES string of the molecule is Cn1nccc1-c1cccc([B-]23OC(=O)C(C)(C)[N+]2(C)C(C)(C)C(=O)O3)c1. The number of quaternary nitrogens is 1. The molecule has 2 aromatic rings. The zero-order valence-electron chi connectivity index (χ0n) is 16.5. The van der Waals surface area contributed by atoms with E-state index in [9.17, 15) is 9.59 Å². The number of hydrogen-bond donors (Lipinski definition) is 0. The number of fused-ring (bicyclic) bond motifs is 1. The number of aryl methyl sites for hydroxylation is 1. The lowest BCUT2D eigenvalue weighted by Crippen LogP contribution is -2.77. The van der Waals surface area contributed by atoms with Crippen LogP contribution in [0.5, 0.6) is 0 Å². The van der Waals surface area contributed by atoms with Gasteiger partial charge in [0.15, 0.2) is 11.1 Å². The Labute approximate surface area is 158 Å². The van der Waals surface area contributed by atoms with Gasteiger partial charge in [-0.05, 0) is 44.8 Å². The zero-order chi connectivity index (χ0) is 19.8. The predicted molar refractivity (Wildman–Crippen MR) is 101 cm³/mol. The number of aromatic nitrogens is 2. The van der Waals surface area contributed by atoms with E-state index in [-0.39, 0.29) is 16.3 Å². The second-order valence-corrected chi connectivity index (χ2v) is 8.64. The summed E-state index contributed by atoms with van der Waals surface area (Å²) in [5.74, 6) is -0.729. The van der Waals surface area contributed by atoms with Crippen molar-refractivity contribution in [2.24, 2.45) is 7.05 Å². The van der Waals surface area contributed by atoms with E-state index in [4.69, 9.17) is 9.31 Å². The van der Waals surface area contributed by atoms with Crippen molar-refractivity contribution in [2.75, 3.05) is 7.05 Å². The number of hydrogen-bond acceptors (Lipinski definition) is 5. The first kappa shape index (κ1) is 17.8. The van der Waals surface area contributed by atoms with Gasteiger partial charge in [-0.2, -0.15) is 5.10 Å². The smallest absolute Gasteiger partial charge is 0.596 e. The maximum Gasteiger partial charge on any atom is 0.615 e. The summed E-state index contributed by atoms with van der Waals surface area (Å²) < 4.78 is 13.7. The minimum atomic E-state index is -2.39. The Morgan fingerprint density at radius 1 is 1.04 bits per heavy atom. The average molecular weight is 369 g/mol. The summed E-state index contributed by atoms with van der Waals surface area (Å²) in [6, 6.07) is 9.54. The fourth-order valence-electron chi connectivity index (χ4n) is 4.76. The number of benzene rings is 1. The molecule has 0 N–H and O–H groups in total. The summed E-state index contributed by atoms with van der Waals surface area (Å²) in [6.07, 6.45) is 1.73. The molecule has 3 heterocycles. The van der Waals surface area contributed by atoms with E-state index in [2.05, 4.69) is 5.10 Å². The predicted octanol–water partition coefficient (Wildman–Crippen LogP) is 1.35. The molecule has 2 fully saturated rings. The van der Waals surface area contributed by atoms with Gasteiger partial charge in [0, 0.05) is 20.3 Å². The molecule has 0 radical (unpaired) electrons. The van der Waals surface area contributed by atoms with Crippen LogP contribution >= 0.6 is 0 Å². The summed E-state index contributed by atoms with van der Waals surface area (Å²) in [6.45, 7) is 4.87. The zero-order valence-corrected chi connectivity index (χ0v) is 16.5. The summed E-state index contributed by atoms with van der Waals surface area (Å²) in [5, 5.41) is 4.22. The van der Waals surface area contributed by atoms with E-state index in [1.165, 1.54) is 0 Å². The van der Waals surface area contributed by atoms with E-state index >= 15 is 0 Å². The van der Waals surface area contributed by atoms with Gasteiger partial charge in [-0.25, -0.2) is 9.59 Å². The number of rotatable bonds is 2. The Hall–Kier alpha value is -2.61. The van der Waals surface area contributed by atoms with Crippen LogP contribution in [0, 0.1) is 0 Å². The van der Waals surface area contributed by atoms with Crippen LogP contribution in [0.25, 0.3) is 11.3 Å². The van der Waals surface area contributed by atoms with Gasteiger partial charge in [0.25, 0.3) is 0 Å². The van der Waals surface area contributed by atoms with Crippen LogP contribution in [0.2, 0.25) is 0 Å². The van der Waals surface area contributed by atoms with Gasteiger partial charge in [-0.1, -0.05) is 24.3 Å². The molecule has 7 nitrogen and oxygen atoms in total. The Morgan fingerprint density at radius 3 is 2.15 bits per heavy atom. The summed E-state index contributed by atoms with van der Waals surface area (Å²) >= 11 is 0. The number of likely N-dealkylation sites (N-methyl/N-ethyl adjacent to an activating group) is 1. The van der Waals surface area contributed by atoms with Crippen molar-refractivity contribution >= 4 is 24.1 Å². The maximum atomic E-state index is 12.8. The van der Waals surface area contributed by atoms with E-state index in [1.54, 1.807) is 10.9 Å². The standard InChI is InChI=1S/C19H24BN3O4/c1-18(2)16(24)26-20(23(18,6)19(3,4)17(25)27-20)14-9-7-8-13(12-14)15-10-11-21-22(15)5/h7-12H,1-6H3. The fourth-order valence-corrected chi connectivity index (χ4v) is 4.76. The minimum Gasteiger partial charge on any atom is -0.596 e. The van der Waals surface area contributed by atoms with Crippen molar-refractivity contribution in [3.05, 3.63) is 36.5 Å². The van der Waals surface area contributed by atoms with Crippen LogP contribution in [0.4, 0.5) is 0 Å². The molecule has 2 aliphatic rings. The van der Waals surface area contributed by atoms with Crippen LogP contribution in [-0.2, 0) is 25.9 Å². The van der Waals surface area contributed by atoms with Crippen molar-refractivity contribution in [1.82, 2.24) is 9.78 Å². The Bertz CT molecular complexity index is 949. The lowest BCUT2D eigenvalue weighted by Gasteiger charge is -2.54. The number of nitrogens with zero attached hydrogens (tertiary/aromatic N) is 3. The normalized spacial score (nSPS) is 30.7. The topological polar surface area (TPSA) is 70.4 Å². The number of carbonyl (C=O) groups is 2. The van der Waals surface area contributed by atoms with Crippen LogP contribution in [0.3, 0.4) is 0 Å². The van der Waals surface area contributed by atoms with Crippen LogP contribution in [-0.4, -0.2) is 50.9 Å². The third-order valence-electron chi connectivity index (χ3n) is 6.96. The molecule has 0 atom stereocenters. The maximum absolute atomic E-state index is 12.8. The van der Waals surface area contributed by atoms with Crippen LogP contribution < -0.4 is 5.46 Å². The van der Waals surface area contributed by atoms with Crippen LogP contribution in [0.1, 0.15) is 27.7 Å². The van der Waals surface area contributed by atoms with Gasteiger partial charge in [-0.3, -0.25) is 4.68 Å². The van der Waals surface area contributed by atoms with Gasteiger partial charge in [-0.15, -0.1) is 0 Å². The molecule has 8 heteroatoms. The van der Waals surface area contributed by atoms with Crippen molar-refractivity contribution in [1.29, 1.82) is 0 Å². The third-order valence-corrected chi connectivity index (χ3v) is 6.96. The molecule has 142 valence electrons. The van der Waals surface area contributed by atoms with E-state index < -0.39 is 17.8 Å². The highest BCUT2D eigenvalue weighted by Gasteiger charge is 2.80. The lowest BCUT2D eigenvalue weighted by atomic mass is 9.57. The molecule has 4 rings (SSSR count). The first-order valence-electron chi connectivity index (χ1n) is 9.05. The highest BCUT2D eigenvalue weighted by atomic mass is 16.7. The van der Waals surface area contributed by atoms with Gasteiger partial charge >= 0.3 is 18.6 Å². The summed E-state index contributed by atoms with van der Waals surface area (Å²) in [5.41, 5.74) is 0.660. The molecule has 0 amide bonds. The first-order valence-corrected chi connectivity index (χ1v) is 9.05. The molecule has 0 saturated carbocycles. The van der Waals surface area contributed by atoms with Crippen molar-refractivity contribution in [3.63, 3.8) is 0 Å². The Morgan fingerprint density at radius 2 is 1.63 bits per heavy atom. The van der Waals surface area contributed by atoms with Gasteiger partial charge < -0.3 is 13.7 Å². The quantitative estimate of drug-likeness (QED) is 0.748. The molecule has 0 unspecified atom stereocenters. The molecular formula is C19H24BN3O4. The van der Waals surface area contributed by atoms with Gasteiger partial charge in [0.2, 0.25) is 0 Å². The van der Waals surface area contributed by atoms with Crippen molar-refractivity contribution in [3.8, 4) is 11.3 Å². The van der Waals surface area contributed by atoms with Crippen LogP contribution in [0.15, 0.2) is 36.5 Å². The molecular weight excluding hydrogens is 345 g/mol. The molecule has 0 spiro atoms. The first-order chi connectivity index (χ1) is 12.5. The van der Waals surface area contributed by atoms with Gasteiger partial charge in [0.05, 0.1) is 5.69 Å². The van der Waals surface area contributed by atoms with Crippen molar-refractivity contribution in [2.45, 2.75) is 38.8 Å². The summed E-state index contributed by atoms with van der Waals surface area (Å²) in [4.78, 5) is 25.7. The Kier molecular flexibility index (Phi) is 3.30. The molecule has 1 aromatic heterocycles.